The lowest BCUT2D eigenvalue weighted by Gasteiger charge is -2.32. The minimum absolute atomic E-state index is 0.926. The minimum atomic E-state index is 0.926. The first-order valence-electron chi connectivity index (χ1n) is 32.3. The van der Waals surface area contributed by atoms with Gasteiger partial charge in [-0.1, -0.05) is 127 Å². The summed E-state index contributed by atoms with van der Waals surface area (Å²) in [6, 6.07) is 63.1. The Labute approximate surface area is 539 Å². The van der Waals surface area contributed by atoms with Crippen LogP contribution in [0.25, 0.3) is 75.9 Å². The van der Waals surface area contributed by atoms with Gasteiger partial charge in [0.25, 0.3) is 0 Å². The summed E-state index contributed by atoms with van der Waals surface area (Å²) in [6.45, 7) is 33.1. The molecule has 0 saturated heterocycles. The van der Waals surface area contributed by atoms with Gasteiger partial charge in [0.1, 0.15) is 0 Å². The monoisotopic (exact) mass is 1190 g/mol. The average Bonchev–Trinajstić information content (AvgIpc) is 1.26. The molecule has 14 aromatic rings. The Morgan fingerprint density at radius 3 is 1.20 bits per heavy atom. The van der Waals surface area contributed by atoms with Crippen LogP contribution in [0, 0.1) is 104 Å². The summed E-state index contributed by atoms with van der Waals surface area (Å²) < 4.78 is 10.6. The molecule has 0 atom stereocenters. The number of aryl methyl sites for hydroxylation is 10. The largest absolute Gasteiger partial charge is 0.453 e. The van der Waals surface area contributed by atoms with Crippen molar-refractivity contribution in [1.29, 1.82) is 0 Å². The Morgan fingerprint density at radius 2 is 0.648 bits per heavy atom. The molecule has 0 N–H and O–H groups in total. The number of hydrogen-bond donors (Lipinski definition) is 0. The van der Waals surface area contributed by atoms with Gasteiger partial charge in [0, 0.05) is 78.6 Å². The number of aromatic nitrogens is 2. The first-order valence-corrected chi connectivity index (χ1v) is 32.3. The van der Waals surface area contributed by atoms with Crippen LogP contribution in [0.3, 0.4) is 0 Å². The highest BCUT2D eigenvalue weighted by Crippen LogP contribution is 2.49. The molecule has 0 radical (unpaired) electrons. The highest BCUT2D eigenvalue weighted by molar-refractivity contribution is 6.26. The van der Waals surface area contributed by atoms with Gasteiger partial charge in [-0.15, -0.1) is 0 Å². The predicted molar refractivity (Wildman–Crippen MR) is 396 cm³/mol. The number of benzene rings is 12. The van der Waals surface area contributed by atoms with E-state index in [1.54, 1.807) is 0 Å². The van der Waals surface area contributed by atoms with Gasteiger partial charge in [0.2, 0.25) is 0 Å². The van der Waals surface area contributed by atoms with Crippen LogP contribution in [0.1, 0.15) is 94.6 Å². The van der Waals surface area contributed by atoms with E-state index in [9.17, 15) is 0 Å². The molecule has 0 aliphatic carbocycles. The first-order chi connectivity index (χ1) is 43.6. The molecule has 0 unspecified atom stereocenters. The highest BCUT2D eigenvalue weighted by Gasteiger charge is 2.26. The van der Waals surface area contributed by atoms with E-state index < -0.39 is 0 Å². The van der Waals surface area contributed by atoms with Crippen molar-refractivity contribution in [3.8, 4) is 11.5 Å². The molecule has 12 aromatic carbocycles. The summed E-state index contributed by atoms with van der Waals surface area (Å²) >= 11 is 0. The standard InChI is InChI=1S/C21H18.C17H19N.C16H17NO.2C16H17N/c1-13-12-20-18-10-5-4-8-16(18)17-9-6-7-11-19(17)21(20)15(3)14(13)2;1-11-9-15-10-14-7-5-6-8-16(14)18(4)17(15)13(3)12(11)2;1-10-9-15-16(12(3)11(10)2)17(4)13-7-5-6-8-14(13)18-15;2*1-10-9-14-13-7-5-6-8-15(13)17(4)16(14)12(3)11(10)2/h4-12H,1-3H3;5-9H,10H2,1-4H3;5-9H,1-4H3;2*5-9H,1-4H3. The van der Waals surface area contributed by atoms with Crippen molar-refractivity contribution < 1.29 is 4.74 Å². The van der Waals surface area contributed by atoms with Crippen LogP contribution in [0.5, 0.6) is 11.5 Å². The lowest BCUT2D eigenvalue weighted by Crippen LogP contribution is -2.20. The zero-order valence-corrected chi connectivity index (χ0v) is 57.1. The Balaban J connectivity index is 0.000000110. The zero-order valence-electron chi connectivity index (χ0n) is 57.1. The number of anilines is 4. The lowest BCUT2D eigenvalue weighted by atomic mass is 9.88. The van der Waals surface area contributed by atoms with E-state index in [1.165, 1.54) is 188 Å². The molecular weight excluding hydrogens is 1100 g/mol. The van der Waals surface area contributed by atoms with Crippen molar-refractivity contribution in [2.75, 3.05) is 23.9 Å². The van der Waals surface area contributed by atoms with Gasteiger partial charge in [-0.25, -0.2) is 0 Å². The van der Waals surface area contributed by atoms with Crippen molar-refractivity contribution in [2.45, 2.75) is 110 Å². The second-order valence-electron chi connectivity index (χ2n) is 26.0. The van der Waals surface area contributed by atoms with Crippen molar-refractivity contribution >= 4 is 98.7 Å². The van der Waals surface area contributed by atoms with E-state index in [-0.39, 0.29) is 0 Å². The van der Waals surface area contributed by atoms with E-state index in [4.69, 9.17) is 4.74 Å². The average molecular weight is 1190 g/mol. The number of hydrogen-bond acceptors (Lipinski definition) is 3. The van der Waals surface area contributed by atoms with Crippen molar-refractivity contribution in [3.63, 3.8) is 0 Å². The molecule has 2 aliphatic rings. The summed E-state index contributed by atoms with van der Waals surface area (Å²) in [7, 11) is 8.60. The van der Waals surface area contributed by atoms with Crippen LogP contribution < -0.4 is 14.5 Å². The quantitative estimate of drug-likeness (QED) is 0.142. The lowest BCUT2D eigenvalue weighted by molar-refractivity contribution is 0.474. The molecule has 458 valence electrons. The summed E-state index contributed by atoms with van der Waals surface area (Å²) in [5.41, 5.74) is 34.0. The summed E-state index contributed by atoms with van der Waals surface area (Å²) in [4.78, 5) is 4.56. The highest BCUT2D eigenvalue weighted by atomic mass is 16.5. The second kappa shape index (κ2) is 24.3. The molecule has 0 fully saturated rings. The summed E-state index contributed by atoms with van der Waals surface area (Å²) in [5, 5.41) is 13.7. The van der Waals surface area contributed by atoms with E-state index in [0.29, 0.717) is 0 Å². The second-order valence-corrected chi connectivity index (χ2v) is 26.0. The third-order valence-corrected chi connectivity index (χ3v) is 21.0. The number of rotatable bonds is 0. The molecule has 16 rings (SSSR count). The number of nitrogens with zero attached hydrogens (tertiary/aromatic N) is 4. The Kier molecular flexibility index (Phi) is 16.5. The van der Waals surface area contributed by atoms with Crippen molar-refractivity contribution in [2.24, 2.45) is 14.1 Å². The topological polar surface area (TPSA) is 25.6 Å². The number of para-hydroxylation sites is 5. The molecule has 5 nitrogen and oxygen atoms in total. The molecule has 4 heterocycles. The van der Waals surface area contributed by atoms with E-state index in [0.717, 1.165) is 23.6 Å². The van der Waals surface area contributed by atoms with Gasteiger partial charge in [0.15, 0.2) is 11.5 Å². The first kappa shape index (κ1) is 61.6. The van der Waals surface area contributed by atoms with Crippen LogP contribution in [0.4, 0.5) is 22.7 Å². The molecule has 0 bridgehead atoms. The van der Waals surface area contributed by atoms with Gasteiger partial charge >= 0.3 is 0 Å². The molecule has 0 spiro atoms. The van der Waals surface area contributed by atoms with Gasteiger partial charge < -0.3 is 23.7 Å². The van der Waals surface area contributed by atoms with Gasteiger partial charge in [0.05, 0.1) is 22.4 Å². The molecule has 0 amide bonds. The Bertz CT molecular complexity index is 5000. The van der Waals surface area contributed by atoms with E-state index in [1.807, 2.05) is 18.2 Å². The molecule has 2 aliphatic heterocycles. The third-order valence-electron chi connectivity index (χ3n) is 21.0. The third kappa shape index (κ3) is 10.6. The van der Waals surface area contributed by atoms with Gasteiger partial charge in [-0.2, -0.15) is 0 Å². The number of ether oxygens (including phenoxy) is 1. The maximum absolute atomic E-state index is 6.02. The van der Waals surface area contributed by atoms with Crippen LogP contribution >= 0.6 is 0 Å². The van der Waals surface area contributed by atoms with Gasteiger partial charge in [-0.05, 0) is 279 Å². The minimum Gasteiger partial charge on any atom is -0.453 e. The van der Waals surface area contributed by atoms with Crippen LogP contribution in [-0.2, 0) is 20.5 Å². The van der Waals surface area contributed by atoms with Crippen LogP contribution in [-0.4, -0.2) is 23.2 Å². The molecular formula is C86H88N4O. The van der Waals surface area contributed by atoms with E-state index >= 15 is 0 Å². The van der Waals surface area contributed by atoms with Crippen molar-refractivity contribution in [1.82, 2.24) is 9.13 Å². The van der Waals surface area contributed by atoms with Gasteiger partial charge in [-0.3, -0.25) is 0 Å². The fourth-order valence-corrected chi connectivity index (χ4v) is 14.8. The maximum atomic E-state index is 6.02. The molecule has 0 saturated carbocycles. The molecule has 91 heavy (non-hydrogen) atoms. The fourth-order valence-electron chi connectivity index (χ4n) is 14.8. The maximum Gasteiger partial charge on any atom is 0.151 e. The van der Waals surface area contributed by atoms with E-state index in [2.05, 4.69) is 309 Å². The van der Waals surface area contributed by atoms with Crippen molar-refractivity contribution in [3.05, 3.63) is 271 Å². The Morgan fingerprint density at radius 1 is 0.275 bits per heavy atom. The zero-order chi connectivity index (χ0) is 64.6. The smallest absolute Gasteiger partial charge is 0.151 e. The van der Waals surface area contributed by atoms with Crippen LogP contribution in [0.15, 0.2) is 176 Å². The summed E-state index contributed by atoms with van der Waals surface area (Å²) in [5.74, 6) is 1.88. The SMILES string of the molecule is Cc1cc2c(c(C)c1C)N(C)c1ccccc1C2.Cc1cc2c(c(C)c1C)N(C)c1ccccc1O2.Cc1cc2c3ccccc3c3ccccc3c2c(C)c1C.Cc1cc2c3ccccc3n(C)c2c(C)c1C.Cc1cc2c3ccccc3n(C)c2c(C)c1C. The Hall–Kier alpha value is -9.58. The molecule has 5 heteroatoms. The molecule has 2 aromatic heterocycles. The normalized spacial score (nSPS) is 12.1. The fraction of sp³-hybridized carbons (Fsp3) is 0.233. The predicted octanol–water partition coefficient (Wildman–Crippen LogP) is 23.4. The number of fused-ring (bicyclic) bond motifs is 16. The summed E-state index contributed by atoms with van der Waals surface area (Å²) in [6.07, 6.45) is 1.05. The van der Waals surface area contributed by atoms with Crippen LogP contribution in [0.2, 0.25) is 0 Å².